The van der Waals surface area contributed by atoms with Gasteiger partial charge in [-0.25, -0.2) is 9.97 Å². The highest BCUT2D eigenvalue weighted by Crippen LogP contribution is 2.45. The van der Waals surface area contributed by atoms with E-state index in [1.165, 1.54) is 65.8 Å². The minimum atomic E-state index is -0.470. The summed E-state index contributed by atoms with van der Waals surface area (Å²) in [5, 5.41) is 18.5. The van der Waals surface area contributed by atoms with Crippen LogP contribution >= 0.6 is 11.3 Å². The van der Waals surface area contributed by atoms with E-state index in [-0.39, 0.29) is 17.0 Å². The summed E-state index contributed by atoms with van der Waals surface area (Å²) in [6.45, 7) is 7.97. The molecule has 3 aromatic rings. The summed E-state index contributed by atoms with van der Waals surface area (Å²) < 4.78 is 0. The number of aryl methyl sites for hydroxylation is 1. The van der Waals surface area contributed by atoms with Crippen LogP contribution in [0, 0.1) is 21.4 Å². The van der Waals surface area contributed by atoms with E-state index in [0.29, 0.717) is 30.5 Å². The summed E-state index contributed by atoms with van der Waals surface area (Å²) in [4.78, 5) is 35.7. The minimum absolute atomic E-state index is 0.0299. The number of hydrogen-bond acceptors (Lipinski definition) is 7. The maximum atomic E-state index is 12.5. The molecule has 0 spiro atoms. The number of nitro benzene ring substituents is 1. The molecular formula is C29H37N5O3S. The molecule has 0 radical (unpaired) electrons. The summed E-state index contributed by atoms with van der Waals surface area (Å²) >= 11 is 1.85. The molecule has 9 heteroatoms. The fourth-order valence-corrected chi connectivity index (χ4v) is 7.10. The second-order valence-corrected chi connectivity index (χ2v) is 12.8. The Morgan fingerprint density at radius 2 is 1.82 bits per heavy atom. The number of thiophene rings is 1. The number of carbonyl (C=O) groups excluding carboxylic acids is 1. The molecule has 1 fully saturated rings. The molecule has 2 N–H and O–H groups in total. The SMILES string of the molecule is CC(C)(C)[C@H]1CCc2c(sc3nc(C4CCCCC4)nc(NCCNC(=O)c4ccc([N+](=O)[O-])cc4)c23)C1. The van der Waals surface area contributed by atoms with Crippen LogP contribution in [-0.2, 0) is 12.8 Å². The van der Waals surface area contributed by atoms with E-state index in [2.05, 4.69) is 31.4 Å². The van der Waals surface area contributed by atoms with E-state index >= 15 is 0 Å². The van der Waals surface area contributed by atoms with Crippen molar-refractivity contribution >= 4 is 39.0 Å². The van der Waals surface area contributed by atoms with Crippen LogP contribution < -0.4 is 10.6 Å². The molecule has 0 bridgehead atoms. The average molecular weight is 536 g/mol. The number of nitro groups is 1. The molecule has 202 valence electrons. The first kappa shape index (κ1) is 26.5. The first-order valence-electron chi connectivity index (χ1n) is 13.8. The predicted molar refractivity (Wildman–Crippen MR) is 152 cm³/mol. The molecule has 38 heavy (non-hydrogen) atoms. The molecule has 2 aliphatic rings. The van der Waals surface area contributed by atoms with Crippen LogP contribution in [0.3, 0.4) is 0 Å². The quantitative estimate of drug-likeness (QED) is 0.199. The van der Waals surface area contributed by atoms with Crippen molar-refractivity contribution in [1.29, 1.82) is 0 Å². The van der Waals surface area contributed by atoms with Gasteiger partial charge in [0.05, 0.1) is 10.3 Å². The Hall–Kier alpha value is -3.07. The van der Waals surface area contributed by atoms with Gasteiger partial charge in [0.15, 0.2) is 0 Å². The summed E-state index contributed by atoms with van der Waals surface area (Å²) in [6.07, 6.45) is 9.38. The van der Waals surface area contributed by atoms with Crippen LogP contribution in [-0.4, -0.2) is 33.9 Å². The number of non-ortho nitro benzene ring substituents is 1. The molecule has 2 heterocycles. The van der Waals surface area contributed by atoms with Gasteiger partial charge in [-0.2, -0.15) is 0 Å². The van der Waals surface area contributed by atoms with Crippen molar-refractivity contribution in [3.63, 3.8) is 0 Å². The smallest absolute Gasteiger partial charge is 0.269 e. The number of aromatic nitrogens is 2. The van der Waals surface area contributed by atoms with Gasteiger partial charge in [-0.05, 0) is 61.1 Å². The van der Waals surface area contributed by atoms with Crippen molar-refractivity contribution in [3.8, 4) is 0 Å². The van der Waals surface area contributed by atoms with Gasteiger partial charge in [-0.3, -0.25) is 14.9 Å². The zero-order valence-electron chi connectivity index (χ0n) is 22.5. The zero-order valence-corrected chi connectivity index (χ0v) is 23.3. The normalized spacial score (nSPS) is 18.2. The maximum Gasteiger partial charge on any atom is 0.269 e. The highest BCUT2D eigenvalue weighted by Gasteiger charge is 2.32. The second-order valence-electron chi connectivity index (χ2n) is 11.7. The first-order chi connectivity index (χ1) is 18.2. The van der Waals surface area contributed by atoms with Gasteiger partial charge in [0.2, 0.25) is 0 Å². The third kappa shape index (κ3) is 5.67. The molecule has 1 amide bonds. The Morgan fingerprint density at radius 1 is 1.08 bits per heavy atom. The number of benzene rings is 1. The predicted octanol–water partition coefficient (Wildman–Crippen LogP) is 6.64. The van der Waals surface area contributed by atoms with Gasteiger partial charge in [0.25, 0.3) is 11.6 Å². The molecule has 1 atom stereocenters. The van der Waals surface area contributed by atoms with Crippen LogP contribution in [0.15, 0.2) is 24.3 Å². The third-order valence-corrected chi connectivity index (χ3v) is 9.31. The lowest BCUT2D eigenvalue weighted by Crippen LogP contribution is -2.29. The van der Waals surface area contributed by atoms with E-state index in [9.17, 15) is 14.9 Å². The third-order valence-electron chi connectivity index (χ3n) is 8.16. The number of carbonyl (C=O) groups is 1. The molecule has 5 rings (SSSR count). The van der Waals surface area contributed by atoms with Gasteiger partial charge in [-0.1, -0.05) is 40.0 Å². The molecule has 1 saturated carbocycles. The minimum Gasteiger partial charge on any atom is -0.368 e. The maximum absolute atomic E-state index is 12.5. The van der Waals surface area contributed by atoms with Gasteiger partial charge < -0.3 is 10.6 Å². The molecule has 2 aliphatic carbocycles. The molecule has 1 aromatic carbocycles. The summed E-state index contributed by atoms with van der Waals surface area (Å²) in [5.74, 6) is 2.68. The van der Waals surface area contributed by atoms with Crippen molar-refractivity contribution in [2.75, 3.05) is 18.4 Å². The van der Waals surface area contributed by atoms with Crippen LogP contribution in [0.4, 0.5) is 11.5 Å². The largest absolute Gasteiger partial charge is 0.368 e. The van der Waals surface area contributed by atoms with E-state index < -0.39 is 4.92 Å². The number of anilines is 1. The number of fused-ring (bicyclic) bond motifs is 3. The topological polar surface area (TPSA) is 110 Å². The molecule has 2 aromatic heterocycles. The van der Waals surface area contributed by atoms with Crippen molar-refractivity contribution in [1.82, 2.24) is 15.3 Å². The highest BCUT2D eigenvalue weighted by molar-refractivity contribution is 7.19. The fraction of sp³-hybridized carbons (Fsp3) is 0.552. The Bertz CT molecular complexity index is 1320. The van der Waals surface area contributed by atoms with E-state index in [4.69, 9.17) is 9.97 Å². The van der Waals surface area contributed by atoms with E-state index in [1.807, 2.05) is 11.3 Å². The van der Waals surface area contributed by atoms with Crippen LogP contribution in [0.2, 0.25) is 0 Å². The Morgan fingerprint density at radius 3 is 2.50 bits per heavy atom. The van der Waals surface area contributed by atoms with Gasteiger partial charge >= 0.3 is 0 Å². The van der Waals surface area contributed by atoms with Crippen molar-refractivity contribution in [2.24, 2.45) is 11.3 Å². The first-order valence-corrected chi connectivity index (χ1v) is 14.6. The number of hydrogen-bond donors (Lipinski definition) is 2. The molecular weight excluding hydrogens is 498 g/mol. The molecule has 0 aliphatic heterocycles. The lowest BCUT2D eigenvalue weighted by Gasteiger charge is -2.33. The standard InChI is InChI=1S/C29H37N5O3S/c1-29(2,3)20-11-14-22-23(17-20)38-28-24(22)26(32-25(33-28)18-7-5-4-6-8-18)30-15-16-31-27(35)19-9-12-21(13-10-19)34(36)37/h9-10,12-13,18,20H,4-8,11,14-17H2,1-3H3,(H,31,35)(H,30,32,33)/t20-/m0/s1. The summed E-state index contributed by atoms with van der Waals surface area (Å²) in [5.41, 5.74) is 2.06. The monoisotopic (exact) mass is 535 g/mol. The average Bonchev–Trinajstić information content (AvgIpc) is 3.29. The van der Waals surface area contributed by atoms with Gasteiger partial charge in [-0.15, -0.1) is 11.3 Å². The number of nitrogens with one attached hydrogen (secondary N) is 2. The highest BCUT2D eigenvalue weighted by atomic mass is 32.1. The van der Waals surface area contributed by atoms with E-state index in [0.717, 1.165) is 42.2 Å². The van der Waals surface area contributed by atoms with Crippen LogP contribution in [0.25, 0.3) is 10.2 Å². The zero-order chi connectivity index (χ0) is 26.9. The van der Waals surface area contributed by atoms with Crippen LogP contribution in [0.5, 0.6) is 0 Å². The summed E-state index contributed by atoms with van der Waals surface area (Å²) in [7, 11) is 0. The molecule has 0 saturated heterocycles. The van der Waals surface area contributed by atoms with Crippen molar-refractivity contribution in [2.45, 2.75) is 78.1 Å². The summed E-state index contributed by atoms with van der Waals surface area (Å²) in [6, 6.07) is 5.66. The van der Waals surface area contributed by atoms with E-state index in [1.54, 1.807) is 0 Å². The van der Waals surface area contributed by atoms with Gasteiger partial charge in [0.1, 0.15) is 16.5 Å². The number of amides is 1. The number of rotatable bonds is 7. The Kier molecular flexibility index (Phi) is 7.66. The molecule has 0 unspecified atom stereocenters. The van der Waals surface area contributed by atoms with Crippen molar-refractivity contribution in [3.05, 3.63) is 56.2 Å². The van der Waals surface area contributed by atoms with Gasteiger partial charge in [0, 0.05) is 41.6 Å². The van der Waals surface area contributed by atoms with Crippen molar-refractivity contribution < 1.29 is 9.72 Å². The second kappa shape index (κ2) is 11.0. The lowest BCUT2D eigenvalue weighted by molar-refractivity contribution is -0.384. The number of nitrogens with zero attached hydrogens (tertiary/aromatic N) is 3. The van der Waals surface area contributed by atoms with Crippen LogP contribution in [0.1, 0.15) is 91.8 Å². The lowest BCUT2D eigenvalue weighted by atomic mass is 9.72. The Balaban J connectivity index is 1.34. The fourth-order valence-electron chi connectivity index (χ4n) is 5.80. The molecule has 8 nitrogen and oxygen atoms in total. The Labute approximate surface area is 227 Å².